The number of carbonyl (C=O) groups is 1. The van der Waals surface area contributed by atoms with Crippen molar-refractivity contribution in [3.63, 3.8) is 0 Å². The number of rotatable bonds is 3. The van der Waals surface area contributed by atoms with Gasteiger partial charge < -0.3 is 5.32 Å². The number of carbonyl (C=O) groups excluding carboxylic acids is 1. The minimum atomic E-state index is -4.56. The number of benzene rings is 2. The standard InChI is InChI=1S/C18H14F3N5O2S/c19-18(20,21)13-7-3-4-8-14(13)23-17(29)25-24-15(27)10-26-16(28)12-6-2-1-5-11(12)9-22-26/h1-9H,10H2,(H,24,27)(H2,23,25,29). The van der Waals surface area contributed by atoms with Gasteiger partial charge in [0.1, 0.15) is 6.54 Å². The van der Waals surface area contributed by atoms with Crippen molar-refractivity contribution in [2.45, 2.75) is 12.7 Å². The number of aromatic nitrogens is 2. The maximum Gasteiger partial charge on any atom is 0.418 e. The zero-order valence-electron chi connectivity index (χ0n) is 14.7. The number of hydrogen-bond donors (Lipinski definition) is 3. The summed E-state index contributed by atoms with van der Waals surface area (Å²) in [4.78, 5) is 24.4. The molecule has 3 aromatic rings. The number of thiocarbonyl (C=S) groups is 1. The van der Waals surface area contributed by atoms with E-state index in [4.69, 9.17) is 12.2 Å². The number of alkyl halides is 3. The molecule has 2 aromatic carbocycles. The van der Waals surface area contributed by atoms with Crippen molar-refractivity contribution in [2.75, 3.05) is 5.32 Å². The van der Waals surface area contributed by atoms with Gasteiger partial charge >= 0.3 is 6.18 Å². The maximum absolute atomic E-state index is 13.0. The van der Waals surface area contributed by atoms with Crippen LogP contribution in [0, 0.1) is 0 Å². The predicted molar refractivity (Wildman–Crippen MR) is 105 cm³/mol. The van der Waals surface area contributed by atoms with Crippen LogP contribution >= 0.6 is 12.2 Å². The van der Waals surface area contributed by atoms with E-state index in [9.17, 15) is 22.8 Å². The van der Waals surface area contributed by atoms with Gasteiger partial charge in [0.05, 0.1) is 22.8 Å². The van der Waals surface area contributed by atoms with Crippen molar-refractivity contribution in [1.29, 1.82) is 0 Å². The third-order valence-electron chi connectivity index (χ3n) is 3.85. The van der Waals surface area contributed by atoms with E-state index < -0.39 is 29.8 Å². The molecule has 0 aliphatic heterocycles. The Kier molecular flexibility index (Phi) is 5.78. The van der Waals surface area contributed by atoms with Gasteiger partial charge in [-0.25, -0.2) is 4.68 Å². The highest BCUT2D eigenvalue weighted by molar-refractivity contribution is 7.80. The Morgan fingerprint density at radius 3 is 2.52 bits per heavy atom. The first kappa shape index (κ1) is 20.3. The fourth-order valence-corrected chi connectivity index (χ4v) is 2.70. The number of fused-ring (bicyclic) bond motifs is 1. The Bertz CT molecular complexity index is 1130. The summed E-state index contributed by atoms with van der Waals surface area (Å²) in [5.41, 5.74) is 2.90. The van der Waals surface area contributed by atoms with Crippen LogP contribution in [0.15, 0.2) is 59.5 Å². The molecule has 0 aliphatic carbocycles. The number of hydrazine groups is 1. The van der Waals surface area contributed by atoms with Gasteiger partial charge in [0.2, 0.25) is 0 Å². The first-order chi connectivity index (χ1) is 13.8. The highest BCUT2D eigenvalue weighted by atomic mass is 32.1. The van der Waals surface area contributed by atoms with Crippen LogP contribution in [0.4, 0.5) is 18.9 Å². The van der Waals surface area contributed by atoms with Gasteiger partial charge in [-0.3, -0.25) is 20.4 Å². The molecule has 0 saturated heterocycles. The van der Waals surface area contributed by atoms with Crippen molar-refractivity contribution in [3.05, 3.63) is 70.6 Å². The molecule has 0 aliphatic rings. The van der Waals surface area contributed by atoms with E-state index in [1.54, 1.807) is 24.3 Å². The zero-order valence-corrected chi connectivity index (χ0v) is 15.5. The van der Waals surface area contributed by atoms with Crippen molar-refractivity contribution in [1.82, 2.24) is 20.6 Å². The molecular formula is C18H14F3N5O2S. The number of nitrogens with one attached hydrogen (secondary N) is 3. The van der Waals surface area contributed by atoms with Crippen molar-refractivity contribution < 1.29 is 18.0 Å². The predicted octanol–water partition coefficient (Wildman–Crippen LogP) is 2.43. The van der Waals surface area contributed by atoms with Gasteiger partial charge in [0.15, 0.2) is 5.11 Å². The van der Waals surface area contributed by atoms with Gasteiger partial charge in [-0.05, 0) is 30.4 Å². The van der Waals surface area contributed by atoms with Crippen LogP contribution in [0.2, 0.25) is 0 Å². The molecule has 0 atom stereocenters. The highest BCUT2D eigenvalue weighted by Gasteiger charge is 2.33. The summed E-state index contributed by atoms with van der Waals surface area (Å²) in [6.45, 7) is -0.404. The lowest BCUT2D eigenvalue weighted by Gasteiger charge is -2.16. The summed E-state index contributed by atoms with van der Waals surface area (Å²) in [5.74, 6) is -0.664. The van der Waals surface area contributed by atoms with E-state index in [0.29, 0.717) is 10.8 Å². The highest BCUT2D eigenvalue weighted by Crippen LogP contribution is 2.34. The smallest absolute Gasteiger partial charge is 0.331 e. The number of nitrogens with zero attached hydrogens (tertiary/aromatic N) is 2. The zero-order chi connectivity index (χ0) is 21.0. The Morgan fingerprint density at radius 1 is 1.07 bits per heavy atom. The monoisotopic (exact) mass is 421 g/mol. The van der Waals surface area contributed by atoms with E-state index >= 15 is 0 Å². The molecule has 1 heterocycles. The van der Waals surface area contributed by atoms with Crippen LogP contribution in [0.1, 0.15) is 5.56 Å². The molecule has 3 rings (SSSR count). The van der Waals surface area contributed by atoms with Crippen molar-refractivity contribution in [3.8, 4) is 0 Å². The summed E-state index contributed by atoms with van der Waals surface area (Å²) in [6.07, 6.45) is -3.11. The normalized spacial score (nSPS) is 11.1. The number of hydrogen-bond acceptors (Lipinski definition) is 4. The summed E-state index contributed by atoms with van der Waals surface area (Å²) < 4.78 is 39.9. The first-order valence-electron chi connectivity index (χ1n) is 8.22. The molecule has 1 amide bonds. The molecule has 1 aromatic heterocycles. The molecule has 0 unspecified atom stereocenters. The molecular weight excluding hydrogens is 407 g/mol. The van der Waals surface area contributed by atoms with Crippen LogP contribution in [0.25, 0.3) is 10.8 Å². The Morgan fingerprint density at radius 2 is 1.76 bits per heavy atom. The van der Waals surface area contributed by atoms with Crippen LogP contribution < -0.4 is 21.7 Å². The number of amides is 1. The minimum Gasteiger partial charge on any atom is -0.331 e. The first-order valence-corrected chi connectivity index (χ1v) is 8.63. The van der Waals surface area contributed by atoms with Crippen LogP contribution in [0.5, 0.6) is 0 Å². The largest absolute Gasteiger partial charge is 0.418 e. The van der Waals surface area contributed by atoms with E-state index in [-0.39, 0.29) is 10.8 Å². The summed E-state index contributed by atoms with van der Waals surface area (Å²) in [5, 5.41) is 7.09. The molecule has 0 spiro atoms. The lowest BCUT2D eigenvalue weighted by Crippen LogP contribution is -2.46. The van der Waals surface area contributed by atoms with Crippen LogP contribution in [-0.2, 0) is 17.5 Å². The second kappa shape index (κ2) is 8.27. The number of para-hydroxylation sites is 1. The Hall–Kier alpha value is -3.47. The quantitative estimate of drug-likeness (QED) is 0.445. The van der Waals surface area contributed by atoms with Gasteiger partial charge in [-0.2, -0.15) is 18.3 Å². The molecule has 0 fully saturated rings. The molecule has 11 heteroatoms. The number of anilines is 1. The third kappa shape index (κ3) is 4.88. The molecule has 7 nitrogen and oxygen atoms in total. The Labute approximate surface area is 167 Å². The number of halogens is 3. The molecule has 0 saturated carbocycles. The lowest BCUT2D eigenvalue weighted by molar-refractivity contribution is -0.137. The third-order valence-corrected chi connectivity index (χ3v) is 4.06. The van der Waals surface area contributed by atoms with E-state index in [1.165, 1.54) is 24.4 Å². The maximum atomic E-state index is 13.0. The summed E-state index contributed by atoms with van der Waals surface area (Å²) in [7, 11) is 0. The second-order valence-corrected chi connectivity index (χ2v) is 6.27. The Balaban J connectivity index is 1.61. The average Bonchev–Trinajstić information content (AvgIpc) is 2.68. The van der Waals surface area contributed by atoms with Gasteiger partial charge in [-0.15, -0.1) is 0 Å². The lowest BCUT2D eigenvalue weighted by atomic mass is 10.2. The SMILES string of the molecule is O=C(Cn1ncc2ccccc2c1=O)NNC(=S)Nc1ccccc1C(F)(F)F. The van der Waals surface area contributed by atoms with E-state index in [0.717, 1.165) is 10.7 Å². The fourth-order valence-electron chi connectivity index (χ4n) is 2.54. The van der Waals surface area contributed by atoms with Crippen LogP contribution in [-0.4, -0.2) is 20.8 Å². The second-order valence-electron chi connectivity index (χ2n) is 5.87. The minimum absolute atomic E-state index is 0.256. The van der Waals surface area contributed by atoms with Crippen molar-refractivity contribution >= 4 is 39.7 Å². The summed E-state index contributed by atoms with van der Waals surface area (Å²) in [6, 6.07) is 11.6. The average molecular weight is 421 g/mol. The van der Waals surface area contributed by atoms with Crippen LogP contribution in [0.3, 0.4) is 0 Å². The molecule has 0 radical (unpaired) electrons. The van der Waals surface area contributed by atoms with Gasteiger partial charge in [0, 0.05) is 5.39 Å². The van der Waals surface area contributed by atoms with Crippen molar-refractivity contribution in [2.24, 2.45) is 0 Å². The fraction of sp³-hybridized carbons (Fsp3) is 0.111. The topological polar surface area (TPSA) is 88.0 Å². The van der Waals surface area contributed by atoms with Gasteiger partial charge in [0.25, 0.3) is 11.5 Å². The molecule has 0 bridgehead atoms. The molecule has 150 valence electrons. The van der Waals surface area contributed by atoms with E-state index in [1.807, 2.05) is 0 Å². The molecule has 29 heavy (non-hydrogen) atoms. The molecule has 3 N–H and O–H groups in total. The van der Waals surface area contributed by atoms with Gasteiger partial charge in [-0.1, -0.05) is 30.3 Å². The van der Waals surface area contributed by atoms with E-state index in [2.05, 4.69) is 21.3 Å². The summed E-state index contributed by atoms with van der Waals surface area (Å²) >= 11 is 4.90.